The number of likely N-dealkylation sites (tertiary alicyclic amines) is 1. The Balaban J connectivity index is 2.17. The highest BCUT2D eigenvalue weighted by Crippen LogP contribution is 2.14. The molecule has 0 radical (unpaired) electrons. The van der Waals surface area contributed by atoms with E-state index in [0.717, 1.165) is 32.6 Å². The zero-order valence-corrected chi connectivity index (χ0v) is 11.9. The van der Waals surface area contributed by atoms with Crippen molar-refractivity contribution in [3.8, 4) is 0 Å². The van der Waals surface area contributed by atoms with Crippen LogP contribution in [0.5, 0.6) is 0 Å². The van der Waals surface area contributed by atoms with Crippen LogP contribution in [-0.2, 0) is 4.79 Å². The number of aliphatic carboxylic acids is 1. The number of likely N-dealkylation sites (N-methyl/N-ethyl adjacent to an activating group) is 1. The number of hydrogen-bond acceptors (Lipinski definition) is 4. The molecule has 0 amide bonds. The van der Waals surface area contributed by atoms with Gasteiger partial charge in [-0.15, -0.1) is 0 Å². The van der Waals surface area contributed by atoms with Crippen LogP contribution in [0.15, 0.2) is 0 Å². The van der Waals surface area contributed by atoms with Gasteiger partial charge >= 0.3 is 5.97 Å². The highest BCUT2D eigenvalue weighted by Gasteiger charge is 2.25. The second-order valence-electron chi connectivity index (χ2n) is 5.52. The maximum Gasteiger partial charge on any atom is 0.304 e. The third-order valence-corrected chi connectivity index (χ3v) is 3.63. The minimum absolute atomic E-state index is 0.244. The lowest BCUT2D eigenvalue weighted by Gasteiger charge is -2.24. The van der Waals surface area contributed by atoms with Crippen LogP contribution in [0.1, 0.15) is 19.3 Å². The summed E-state index contributed by atoms with van der Waals surface area (Å²) in [6.07, 6.45) is 2.62. The smallest absolute Gasteiger partial charge is 0.304 e. The Morgan fingerprint density at radius 3 is 2.67 bits per heavy atom. The highest BCUT2D eigenvalue weighted by molar-refractivity contribution is 5.66. The van der Waals surface area contributed by atoms with E-state index in [1.807, 2.05) is 7.05 Å². The molecular weight excluding hydrogens is 230 g/mol. The summed E-state index contributed by atoms with van der Waals surface area (Å²) >= 11 is 0. The number of carbonyl (C=O) groups is 1. The SMILES string of the molecule is CN(C)CCCN1CCC(N(C)CCC(=O)O)C1. The van der Waals surface area contributed by atoms with Crippen molar-refractivity contribution in [2.45, 2.75) is 25.3 Å². The molecule has 1 unspecified atom stereocenters. The zero-order chi connectivity index (χ0) is 13.5. The quantitative estimate of drug-likeness (QED) is 0.683. The predicted octanol–water partition coefficient (Wildman–Crippen LogP) is 0.419. The van der Waals surface area contributed by atoms with E-state index in [1.54, 1.807) is 0 Å². The summed E-state index contributed by atoms with van der Waals surface area (Å²) in [5.41, 5.74) is 0. The molecule has 1 saturated heterocycles. The van der Waals surface area contributed by atoms with Crippen molar-refractivity contribution < 1.29 is 9.90 Å². The first-order valence-corrected chi connectivity index (χ1v) is 6.78. The molecule has 1 rings (SSSR count). The average Bonchev–Trinajstić information content (AvgIpc) is 2.74. The highest BCUT2D eigenvalue weighted by atomic mass is 16.4. The molecule has 1 N–H and O–H groups in total. The molecule has 0 aromatic rings. The fraction of sp³-hybridized carbons (Fsp3) is 0.923. The average molecular weight is 257 g/mol. The predicted molar refractivity (Wildman–Crippen MR) is 72.9 cm³/mol. The van der Waals surface area contributed by atoms with Crippen LogP contribution in [0, 0.1) is 0 Å². The van der Waals surface area contributed by atoms with Gasteiger partial charge in [0.05, 0.1) is 6.42 Å². The van der Waals surface area contributed by atoms with Gasteiger partial charge < -0.3 is 19.8 Å². The fourth-order valence-corrected chi connectivity index (χ4v) is 2.44. The molecule has 1 fully saturated rings. The standard InChI is InChI=1S/C13H27N3O2/c1-14(2)7-4-8-16-10-5-12(11-16)15(3)9-6-13(17)18/h12H,4-11H2,1-3H3,(H,17,18). The van der Waals surface area contributed by atoms with Crippen LogP contribution in [-0.4, -0.2) is 85.7 Å². The van der Waals surface area contributed by atoms with Gasteiger partial charge in [-0.3, -0.25) is 4.79 Å². The van der Waals surface area contributed by atoms with E-state index in [-0.39, 0.29) is 6.42 Å². The molecule has 5 heteroatoms. The summed E-state index contributed by atoms with van der Waals surface area (Å²) in [4.78, 5) is 17.4. The van der Waals surface area contributed by atoms with Gasteiger partial charge in [0.1, 0.15) is 0 Å². The summed E-state index contributed by atoms with van der Waals surface area (Å²) in [6.45, 7) is 5.18. The van der Waals surface area contributed by atoms with Gasteiger partial charge in [-0.1, -0.05) is 0 Å². The van der Waals surface area contributed by atoms with E-state index in [9.17, 15) is 4.79 Å². The lowest BCUT2D eigenvalue weighted by Crippen LogP contribution is -2.36. The molecule has 0 spiro atoms. The lowest BCUT2D eigenvalue weighted by molar-refractivity contribution is -0.137. The maximum atomic E-state index is 10.5. The van der Waals surface area contributed by atoms with Gasteiger partial charge in [-0.2, -0.15) is 0 Å². The van der Waals surface area contributed by atoms with Gasteiger partial charge in [-0.25, -0.2) is 0 Å². The van der Waals surface area contributed by atoms with Crippen LogP contribution in [0.3, 0.4) is 0 Å². The van der Waals surface area contributed by atoms with Crippen LogP contribution >= 0.6 is 0 Å². The Bertz CT molecular complexity index is 259. The van der Waals surface area contributed by atoms with Crippen LogP contribution in [0.2, 0.25) is 0 Å². The minimum Gasteiger partial charge on any atom is -0.481 e. The first kappa shape index (κ1) is 15.4. The first-order chi connectivity index (χ1) is 8.49. The topological polar surface area (TPSA) is 47.0 Å². The van der Waals surface area contributed by atoms with Crippen LogP contribution in [0.4, 0.5) is 0 Å². The van der Waals surface area contributed by atoms with Crippen molar-refractivity contribution >= 4 is 5.97 Å². The molecular formula is C13H27N3O2. The Morgan fingerprint density at radius 2 is 2.06 bits per heavy atom. The Kier molecular flexibility index (Phi) is 6.60. The van der Waals surface area contributed by atoms with Crippen molar-refractivity contribution in [3.63, 3.8) is 0 Å². The normalized spacial score (nSPS) is 21.1. The molecule has 0 bridgehead atoms. The van der Waals surface area contributed by atoms with Gasteiger partial charge in [0.2, 0.25) is 0 Å². The number of rotatable bonds is 8. The van der Waals surface area contributed by atoms with E-state index >= 15 is 0 Å². The summed E-state index contributed by atoms with van der Waals surface area (Å²) in [5.74, 6) is -0.706. The van der Waals surface area contributed by atoms with Gasteiger partial charge in [-0.05, 0) is 53.6 Å². The van der Waals surface area contributed by atoms with E-state index in [4.69, 9.17) is 5.11 Å². The molecule has 1 atom stereocenters. The van der Waals surface area contributed by atoms with Crippen molar-refractivity contribution in [2.24, 2.45) is 0 Å². The third kappa shape index (κ3) is 5.80. The molecule has 0 saturated carbocycles. The molecule has 1 aliphatic heterocycles. The zero-order valence-electron chi connectivity index (χ0n) is 11.9. The monoisotopic (exact) mass is 257 g/mol. The molecule has 1 aliphatic rings. The molecule has 5 nitrogen and oxygen atoms in total. The Labute approximate surface area is 110 Å². The van der Waals surface area contributed by atoms with Crippen LogP contribution in [0.25, 0.3) is 0 Å². The van der Waals surface area contributed by atoms with Gasteiger partial charge in [0.15, 0.2) is 0 Å². The lowest BCUT2D eigenvalue weighted by atomic mass is 10.2. The Morgan fingerprint density at radius 1 is 1.33 bits per heavy atom. The van der Waals surface area contributed by atoms with Crippen molar-refractivity contribution in [2.75, 3.05) is 53.9 Å². The van der Waals surface area contributed by atoms with E-state index in [0.29, 0.717) is 12.6 Å². The van der Waals surface area contributed by atoms with E-state index in [1.165, 1.54) is 6.42 Å². The fourth-order valence-electron chi connectivity index (χ4n) is 2.44. The summed E-state index contributed by atoms with van der Waals surface area (Å²) in [5, 5.41) is 8.68. The molecule has 1 heterocycles. The van der Waals surface area contributed by atoms with Gasteiger partial charge in [0, 0.05) is 19.1 Å². The summed E-state index contributed by atoms with van der Waals surface area (Å²) in [7, 11) is 6.25. The third-order valence-electron chi connectivity index (χ3n) is 3.63. The number of carboxylic acid groups (broad SMARTS) is 1. The van der Waals surface area contributed by atoms with Crippen molar-refractivity contribution in [1.29, 1.82) is 0 Å². The maximum absolute atomic E-state index is 10.5. The first-order valence-electron chi connectivity index (χ1n) is 6.78. The van der Waals surface area contributed by atoms with Gasteiger partial charge in [0.25, 0.3) is 0 Å². The largest absolute Gasteiger partial charge is 0.481 e. The van der Waals surface area contributed by atoms with Crippen LogP contribution < -0.4 is 0 Å². The molecule has 18 heavy (non-hydrogen) atoms. The van der Waals surface area contributed by atoms with E-state index < -0.39 is 5.97 Å². The second kappa shape index (κ2) is 7.71. The van der Waals surface area contributed by atoms with Crippen molar-refractivity contribution in [3.05, 3.63) is 0 Å². The molecule has 0 aromatic heterocycles. The summed E-state index contributed by atoms with van der Waals surface area (Å²) < 4.78 is 0. The number of carboxylic acids is 1. The summed E-state index contributed by atoms with van der Waals surface area (Å²) in [6, 6.07) is 0.531. The minimum atomic E-state index is -0.706. The molecule has 0 aliphatic carbocycles. The molecule has 106 valence electrons. The molecule has 0 aromatic carbocycles. The Hall–Kier alpha value is -0.650. The van der Waals surface area contributed by atoms with E-state index in [2.05, 4.69) is 28.8 Å². The number of nitrogens with zero attached hydrogens (tertiary/aromatic N) is 3. The second-order valence-corrected chi connectivity index (χ2v) is 5.52. The number of hydrogen-bond donors (Lipinski definition) is 1. The van der Waals surface area contributed by atoms with Crippen molar-refractivity contribution in [1.82, 2.24) is 14.7 Å².